The van der Waals surface area contributed by atoms with Crippen molar-refractivity contribution in [1.82, 2.24) is 14.8 Å². The van der Waals surface area contributed by atoms with Crippen molar-refractivity contribution in [2.24, 2.45) is 5.92 Å². The first-order valence-corrected chi connectivity index (χ1v) is 16.4. The van der Waals surface area contributed by atoms with Crippen molar-refractivity contribution >= 4 is 23.3 Å². The number of likely N-dealkylation sites (tertiary alicyclic amines) is 1. The second-order valence-electron chi connectivity index (χ2n) is 13.7. The van der Waals surface area contributed by atoms with Crippen molar-refractivity contribution in [3.05, 3.63) is 110 Å². The number of nitrogens with one attached hydrogen (secondary N) is 1. The number of pyridine rings is 1. The lowest BCUT2D eigenvalue weighted by Gasteiger charge is -2.43. The quantitative estimate of drug-likeness (QED) is 0.204. The van der Waals surface area contributed by atoms with Crippen molar-refractivity contribution in [1.29, 1.82) is 0 Å². The number of aromatic hydroxyl groups is 2. The van der Waals surface area contributed by atoms with E-state index in [0.717, 1.165) is 23.8 Å². The molecule has 252 valence electrons. The number of allylic oxidation sites excluding steroid dienone is 4. The van der Waals surface area contributed by atoms with Crippen LogP contribution < -0.4 is 15.6 Å². The van der Waals surface area contributed by atoms with Gasteiger partial charge in [-0.15, -0.1) is 0 Å². The number of ketones is 3. The lowest BCUT2D eigenvalue weighted by Crippen LogP contribution is -2.54. The topological polar surface area (TPSA) is 155 Å². The summed E-state index contributed by atoms with van der Waals surface area (Å²) in [7, 11) is 0. The Morgan fingerprint density at radius 2 is 1.73 bits per heavy atom. The zero-order chi connectivity index (χ0) is 34.9. The molecule has 11 heteroatoms. The van der Waals surface area contributed by atoms with Gasteiger partial charge in [0.15, 0.2) is 17.3 Å². The summed E-state index contributed by atoms with van der Waals surface area (Å²) < 4.78 is 7.70. The molecule has 4 atom stereocenters. The smallest absolute Gasteiger partial charge is 0.250 e. The molecular formula is C38H37N3O8. The highest BCUT2D eigenvalue weighted by Gasteiger charge is 2.56. The summed E-state index contributed by atoms with van der Waals surface area (Å²) in [6, 6.07) is 13.9. The predicted molar refractivity (Wildman–Crippen MR) is 178 cm³/mol. The number of amides is 1. The third-order valence-corrected chi connectivity index (χ3v) is 10.5. The first-order valence-electron chi connectivity index (χ1n) is 16.4. The van der Waals surface area contributed by atoms with E-state index in [4.69, 9.17) is 4.74 Å². The molecule has 3 N–H and O–H groups in total. The maximum absolute atomic E-state index is 14.4. The monoisotopic (exact) mass is 663 g/mol. The minimum atomic E-state index is -1.68. The lowest BCUT2D eigenvalue weighted by atomic mass is 9.70. The number of nitrogens with zero attached hydrogens (tertiary/aromatic N) is 2. The molecule has 2 bridgehead atoms. The van der Waals surface area contributed by atoms with Gasteiger partial charge in [0.05, 0.1) is 11.1 Å². The number of carbonyl (C=O) groups is 4. The molecule has 4 aliphatic rings. The number of phenolic OH excluding ortho intramolecular Hbond substituents is 2. The number of piperidine rings is 1. The molecule has 1 fully saturated rings. The summed E-state index contributed by atoms with van der Waals surface area (Å²) >= 11 is 0. The van der Waals surface area contributed by atoms with Crippen molar-refractivity contribution in [2.75, 3.05) is 13.1 Å². The number of fused-ring (bicyclic) bond motifs is 7. The van der Waals surface area contributed by atoms with E-state index in [1.54, 1.807) is 19.1 Å². The van der Waals surface area contributed by atoms with E-state index in [9.17, 15) is 34.2 Å². The van der Waals surface area contributed by atoms with Crippen LogP contribution in [0.15, 0.2) is 76.4 Å². The van der Waals surface area contributed by atoms with Crippen LogP contribution in [-0.4, -0.2) is 62.1 Å². The Morgan fingerprint density at radius 3 is 2.45 bits per heavy atom. The Labute approximate surface area is 282 Å². The highest BCUT2D eigenvalue weighted by atomic mass is 16.5. The molecule has 3 aliphatic heterocycles. The fraction of sp³-hybridized carbons (Fsp3) is 0.342. The second kappa shape index (κ2) is 11.6. The van der Waals surface area contributed by atoms with E-state index < -0.39 is 40.3 Å². The van der Waals surface area contributed by atoms with Crippen LogP contribution in [0.25, 0.3) is 0 Å². The Hall–Kier alpha value is -5.45. The van der Waals surface area contributed by atoms with Crippen molar-refractivity contribution in [3.63, 3.8) is 0 Å². The van der Waals surface area contributed by atoms with Gasteiger partial charge < -0.3 is 29.7 Å². The van der Waals surface area contributed by atoms with E-state index in [2.05, 4.69) is 5.32 Å². The molecule has 0 saturated carbocycles. The van der Waals surface area contributed by atoms with Crippen LogP contribution in [0, 0.1) is 12.8 Å². The van der Waals surface area contributed by atoms with E-state index in [0.29, 0.717) is 19.6 Å². The van der Waals surface area contributed by atoms with Gasteiger partial charge in [-0.05, 0) is 51.7 Å². The fourth-order valence-corrected chi connectivity index (χ4v) is 8.04. The average Bonchev–Trinajstić information content (AvgIpc) is 3.36. The van der Waals surface area contributed by atoms with Gasteiger partial charge in [0.2, 0.25) is 5.91 Å². The first-order chi connectivity index (χ1) is 23.3. The molecule has 11 nitrogen and oxygen atoms in total. The Morgan fingerprint density at radius 1 is 1.00 bits per heavy atom. The van der Waals surface area contributed by atoms with E-state index in [1.165, 1.54) is 20.8 Å². The molecule has 1 aromatic heterocycles. The highest BCUT2D eigenvalue weighted by Crippen LogP contribution is 2.57. The van der Waals surface area contributed by atoms with Gasteiger partial charge in [0, 0.05) is 61.1 Å². The molecule has 1 aliphatic carbocycles. The van der Waals surface area contributed by atoms with Crippen LogP contribution in [0.2, 0.25) is 0 Å². The zero-order valence-electron chi connectivity index (χ0n) is 27.7. The molecule has 7 rings (SSSR count). The number of Topliss-reactive ketones (excluding diaryl/α,β-unsaturated/α-hetero) is 2. The predicted octanol–water partition coefficient (Wildman–Crippen LogP) is 3.58. The SMILES string of the molecule is CC(=O)c1c(O)c(C)c(O)c2c1OC1=CC(=O)C(=C(C)N[C@@H](Cc3ccccc3)C(=O)N3CC4CC(C3)c3cccc(=O)n3C4)C(=O)[C@@]12C. The molecule has 2 aromatic carbocycles. The summed E-state index contributed by atoms with van der Waals surface area (Å²) in [5, 5.41) is 25.1. The van der Waals surface area contributed by atoms with Crippen molar-refractivity contribution < 1.29 is 34.1 Å². The van der Waals surface area contributed by atoms with Gasteiger partial charge in [-0.1, -0.05) is 36.4 Å². The number of hydrogen-bond donors (Lipinski definition) is 3. The van der Waals surface area contributed by atoms with Crippen molar-refractivity contribution in [3.8, 4) is 17.2 Å². The number of ether oxygens (including phenoxy) is 1. The molecule has 2 unspecified atom stereocenters. The van der Waals surface area contributed by atoms with Crippen LogP contribution in [0.3, 0.4) is 0 Å². The Bertz CT molecular complexity index is 2100. The van der Waals surface area contributed by atoms with Gasteiger partial charge in [0.25, 0.3) is 5.56 Å². The summed E-state index contributed by atoms with van der Waals surface area (Å²) in [6.07, 6.45) is 2.32. The number of phenols is 2. The molecular weight excluding hydrogens is 626 g/mol. The largest absolute Gasteiger partial charge is 0.507 e. The minimum absolute atomic E-state index is 0.00166. The summed E-state index contributed by atoms with van der Waals surface area (Å²) in [5.74, 6) is -3.03. The molecule has 0 spiro atoms. The second-order valence-corrected chi connectivity index (χ2v) is 13.7. The van der Waals surface area contributed by atoms with Gasteiger partial charge in [-0.25, -0.2) is 0 Å². The number of carbonyl (C=O) groups excluding carboxylic acids is 4. The molecule has 0 radical (unpaired) electrons. The van der Waals surface area contributed by atoms with Crippen LogP contribution in [0.5, 0.6) is 17.2 Å². The van der Waals surface area contributed by atoms with Crippen LogP contribution in [0.1, 0.15) is 65.9 Å². The molecule has 3 aromatic rings. The Balaban J connectivity index is 1.25. The molecule has 49 heavy (non-hydrogen) atoms. The maximum Gasteiger partial charge on any atom is 0.250 e. The molecule has 1 saturated heterocycles. The summed E-state index contributed by atoms with van der Waals surface area (Å²) in [4.78, 5) is 69.4. The van der Waals surface area contributed by atoms with E-state index in [-0.39, 0.29) is 69.2 Å². The number of rotatable bonds is 6. The molecule has 4 heterocycles. The number of benzene rings is 2. The van der Waals surface area contributed by atoms with Gasteiger partial charge in [0.1, 0.15) is 40.0 Å². The standard InChI is InChI=1S/C38H37N3O8/c1-19-33(45)31(21(3)42)35-32(34(19)46)38(4)28(49-35)15-27(43)30(36(38)47)20(2)39-25(14-22-9-6-5-7-10-22)37(48)40-16-23-13-24(18-40)26-11-8-12-29(44)41(26)17-23/h5-12,15,23-25,39,45-46H,13-14,16-18H2,1-4H3/t23?,24?,25-,38-/m0/s1. The van der Waals surface area contributed by atoms with Crippen molar-refractivity contribution in [2.45, 2.75) is 64.5 Å². The van der Waals surface area contributed by atoms with Gasteiger partial charge in [-0.3, -0.25) is 24.0 Å². The summed E-state index contributed by atoms with van der Waals surface area (Å²) in [6.45, 7) is 7.18. The minimum Gasteiger partial charge on any atom is -0.507 e. The highest BCUT2D eigenvalue weighted by molar-refractivity contribution is 6.31. The fourth-order valence-electron chi connectivity index (χ4n) is 8.04. The van der Waals surface area contributed by atoms with Crippen LogP contribution in [-0.2, 0) is 32.8 Å². The third-order valence-electron chi connectivity index (χ3n) is 10.5. The lowest BCUT2D eigenvalue weighted by molar-refractivity contribution is -0.136. The zero-order valence-corrected chi connectivity index (χ0v) is 27.7. The van der Waals surface area contributed by atoms with Crippen LogP contribution >= 0.6 is 0 Å². The number of aromatic nitrogens is 1. The number of hydrogen-bond acceptors (Lipinski definition) is 9. The normalized spacial score (nSPS) is 23.8. The van der Waals surface area contributed by atoms with E-state index in [1.807, 2.05) is 45.9 Å². The van der Waals surface area contributed by atoms with Gasteiger partial charge >= 0.3 is 0 Å². The van der Waals surface area contributed by atoms with E-state index >= 15 is 0 Å². The third kappa shape index (κ3) is 4.98. The summed E-state index contributed by atoms with van der Waals surface area (Å²) in [5.41, 5.74) is -0.120. The van der Waals surface area contributed by atoms with Gasteiger partial charge in [-0.2, -0.15) is 0 Å². The van der Waals surface area contributed by atoms with Crippen LogP contribution in [0.4, 0.5) is 0 Å². The average molecular weight is 664 g/mol. The first kappa shape index (κ1) is 32.1. The Kier molecular flexibility index (Phi) is 7.61. The maximum atomic E-state index is 14.4. The molecule has 1 amide bonds.